The predicted molar refractivity (Wildman–Crippen MR) is 98.2 cm³/mol. The van der Waals surface area contributed by atoms with Gasteiger partial charge in [0.25, 0.3) is 0 Å². The Bertz CT molecular complexity index is 892. The van der Waals surface area contributed by atoms with E-state index in [1.807, 2.05) is 31.2 Å². The van der Waals surface area contributed by atoms with Gasteiger partial charge in [0.15, 0.2) is 0 Å². The van der Waals surface area contributed by atoms with Crippen LogP contribution in [0.15, 0.2) is 48.8 Å². The summed E-state index contributed by atoms with van der Waals surface area (Å²) in [6, 6.07) is 12.2. The lowest BCUT2D eigenvalue weighted by Gasteiger charge is -2.32. The molecule has 0 amide bonds. The first-order valence-corrected chi connectivity index (χ1v) is 8.88. The maximum absolute atomic E-state index is 14.5. The Morgan fingerprint density at radius 1 is 1.27 bits per heavy atom. The van der Waals surface area contributed by atoms with Crippen LogP contribution < -0.4 is 10.1 Å². The van der Waals surface area contributed by atoms with Crippen LogP contribution in [-0.4, -0.2) is 21.4 Å². The topological polar surface area (TPSA) is 52.0 Å². The minimum Gasteiger partial charge on any atom is -0.494 e. The Balaban J connectivity index is 1.70. The molecule has 26 heavy (non-hydrogen) atoms. The molecule has 0 spiro atoms. The van der Waals surface area contributed by atoms with Crippen molar-refractivity contribution in [3.63, 3.8) is 0 Å². The quantitative estimate of drug-likeness (QED) is 0.726. The predicted octanol–water partition coefficient (Wildman–Crippen LogP) is 4.62. The van der Waals surface area contributed by atoms with E-state index in [9.17, 15) is 4.39 Å². The molecule has 2 heterocycles. The zero-order valence-corrected chi connectivity index (χ0v) is 14.9. The van der Waals surface area contributed by atoms with E-state index < -0.39 is 0 Å². The number of ether oxygens (including phenoxy) is 1. The van der Waals surface area contributed by atoms with Crippen molar-refractivity contribution in [2.24, 2.45) is 0 Å². The monoisotopic (exact) mass is 372 g/mol. The molecule has 1 aliphatic heterocycles. The van der Waals surface area contributed by atoms with Gasteiger partial charge in [-0.15, -0.1) is 0 Å². The smallest absolute Gasteiger partial charge is 0.222 e. The highest BCUT2D eigenvalue weighted by molar-refractivity contribution is 6.31. The summed E-state index contributed by atoms with van der Waals surface area (Å²) in [4.78, 5) is 4.27. The largest absolute Gasteiger partial charge is 0.494 e. The molecule has 134 valence electrons. The molecule has 3 aromatic rings. The molecule has 0 saturated heterocycles. The summed E-state index contributed by atoms with van der Waals surface area (Å²) < 4.78 is 21.7. The number of benzene rings is 2. The van der Waals surface area contributed by atoms with E-state index in [0.29, 0.717) is 29.6 Å². The average Bonchev–Trinajstić information content (AvgIpc) is 3.11. The van der Waals surface area contributed by atoms with Crippen molar-refractivity contribution in [3.05, 3.63) is 70.8 Å². The number of nitrogens with one attached hydrogen (secondary N) is 1. The van der Waals surface area contributed by atoms with Crippen molar-refractivity contribution in [2.45, 2.75) is 25.4 Å². The fourth-order valence-corrected chi connectivity index (χ4v) is 3.66. The third-order valence-corrected chi connectivity index (χ3v) is 4.89. The number of hydrogen-bond acceptors (Lipinski definition) is 4. The van der Waals surface area contributed by atoms with E-state index in [1.54, 1.807) is 16.8 Å². The molecule has 2 unspecified atom stereocenters. The van der Waals surface area contributed by atoms with Crippen LogP contribution in [-0.2, 0) is 0 Å². The van der Waals surface area contributed by atoms with Gasteiger partial charge >= 0.3 is 0 Å². The summed E-state index contributed by atoms with van der Waals surface area (Å²) in [6.07, 6.45) is 2.07. The zero-order valence-electron chi connectivity index (χ0n) is 14.2. The SMILES string of the molecule is CCOc1ccc(C2CC(c3c(F)cccc3Cl)n3ncnc3N2)cc1. The van der Waals surface area contributed by atoms with Gasteiger partial charge in [0.2, 0.25) is 5.95 Å². The Kier molecular flexibility index (Phi) is 4.51. The van der Waals surface area contributed by atoms with E-state index in [0.717, 1.165) is 11.3 Å². The van der Waals surface area contributed by atoms with Crippen LogP contribution in [0, 0.1) is 5.82 Å². The minimum atomic E-state index is -0.337. The highest BCUT2D eigenvalue weighted by Crippen LogP contribution is 2.40. The number of hydrogen-bond donors (Lipinski definition) is 1. The lowest BCUT2D eigenvalue weighted by atomic mass is 9.93. The van der Waals surface area contributed by atoms with Crippen LogP contribution in [0.5, 0.6) is 5.75 Å². The van der Waals surface area contributed by atoms with E-state index >= 15 is 0 Å². The molecule has 7 heteroatoms. The van der Waals surface area contributed by atoms with Gasteiger partial charge in [0.1, 0.15) is 17.9 Å². The zero-order chi connectivity index (χ0) is 18.1. The number of nitrogens with zero attached hydrogens (tertiary/aromatic N) is 3. The Hall–Kier alpha value is -2.60. The Morgan fingerprint density at radius 2 is 2.08 bits per heavy atom. The van der Waals surface area contributed by atoms with Crippen LogP contribution in [0.25, 0.3) is 0 Å². The minimum absolute atomic E-state index is 0.0388. The summed E-state index contributed by atoms with van der Waals surface area (Å²) in [5.74, 6) is 1.08. The molecule has 4 rings (SSSR count). The highest BCUT2D eigenvalue weighted by atomic mass is 35.5. The van der Waals surface area contributed by atoms with Crippen molar-refractivity contribution in [1.82, 2.24) is 14.8 Å². The van der Waals surface area contributed by atoms with E-state index in [2.05, 4.69) is 15.4 Å². The van der Waals surface area contributed by atoms with E-state index in [1.165, 1.54) is 12.4 Å². The van der Waals surface area contributed by atoms with Crippen molar-refractivity contribution in [3.8, 4) is 5.75 Å². The summed E-state index contributed by atoms with van der Waals surface area (Å²) in [7, 11) is 0. The molecule has 0 fully saturated rings. The molecule has 1 aliphatic rings. The molecule has 0 saturated carbocycles. The number of aromatic nitrogens is 3. The lowest BCUT2D eigenvalue weighted by molar-refractivity contribution is 0.340. The first kappa shape index (κ1) is 16.8. The summed E-state index contributed by atoms with van der Waals surface area (Å²) in [5.41, 5.74) is 1.51. The van der Waals surface area contributed by atoms with Crippen LogP contribution in [0.1, 0.15) is 36.6 Å². The van der Waals surface area contributed by atoms with Crippen molar-refractivity contribution >= 4 is 17.5 Å². The normalized spacial score (nSPS) is 18.9. The Labute approximate surface area is 155 Å². The van der Waals surface area contributed by atoms with Crippen molar-refractivity contribution in [2.75, 3.05) is 11.9 Å². The Morgan fingerprint density at radius 3 is 2.81 bits per heavy atom. The molecule has 5 nitrogen and oxygen atoms in total. The van der Waals surface area contributed by atoms with Crippen LogP contribution in [0.4, 0.5) is 10.3 Å². The van der Waals surface area contributed by atoms with Crippen molar-refractivity contribution in [1.29, 1.82) is 0 Å². The first-order chi connectivity index (χ1) is 12.7. The van der Waals surface area contributed by atoms with Crippen LogP contribution in [0.3, 0.4) is 0 Å². The van der Waals surface area contributed by atoms with Gasteiger partial charge < -0.3 is 10.1 Å². The summed E-state index contributed by atoms with van der Waals surface area (Å²) in [5, 5.41) is 8.02. The fourth-order valence-electron chi connectivity index (χ4n) is 3.37. The highest BCUT2D eigenvalue weighted by Gasteiger charge is 2.32. The molecule has 2 atom stereocenters. The molecule has 1 N–H and O–H groups in total. The summed E-state index contributed by atoms with van der Waals surface area (Å²) in [6.45, 7) is 2.57. The van der Waals surface area contributed by atoms with Gasteiger partial charge in [-0.1, -0.05) is 29.8 Å². The van der Waals surface area contributed by atoms with E-state index in [-0.39, 0.29) is 17.9 Å². The van der Waals surface area contributed by atoms with Gasteiger partial charge in [-0.25, -0.2) is 9.07 Å². The molecule has 2 aromatic carbocycles. The molecule has 0 radical (unpaired) electrons. The fraction of sp³-hybridized carbons (Fsp3) is 0.263. The second-order valence-corrected chi connectivity index (χ2v) is 6.52. The third kappa shape index (κ3) is 3.01. The molecule has 0 bridgehead atoms. The van der Waals surface area contributed by atoms with Gasteiger partial charge in [0.05, 0.1) is 18.7 Å². The lowest BCUT2D eigenvalue weighted by Crippen LogP contribution is -2.28. The van der Waals surface area contributed by atoms with Crippen LogP contribution in [0.2, 0.25) is 5.02 Å². The van der Waals surface area contributed by atoms with Gasteiger partial charge in [-0.05, 0) is 43.2 Å². The standard InChI is InChI=1S/C19H18ClFN4O/c1-2-26-13-8-6-12(7-9-13)16-10-17(25-19(24-16)22-11-23-25)18-14(20)4-3-5-15(18)21/h3-9,11,16-17H,2,10H2,1H3,(H,22,23,24). The third-order valence-electron chi connectivity index (χ3n) is 4.56. The second-order valence-electron chi connectivity index (χ2n) is 6.11. The maximum atomic E-state index is 14.5. The molecule has 0 aliphatic carbocycles. The second kappa shape index (κ2) is 6.96. The number of halogens is 2. The number of fused-ring (bicyclic) bond motifs is 1. The average molecular weight is 373 g/mol. The first-order valence-electron chi connectivity index (χ1n) is 8.50. The van der Waals surface area contributed by atoms with Crippen molar-refractivity contribution < 1.29 is 9.13 Å². The molecular weight excluding hydrogens is 355 g/mol. The summed E-state index contributed by atoms with van der Waals surface area (Å²) >= 11 is 6.31. The number of anilines is 1. The van der Waals surface area contributed by atoms with E-state index in [4.69, 9.17) is 16.3 Å². The number of rotatable bonds is 4. The maximum Gasteiger partial charge on any atom is 0.222 e. The van der Waals surface area contributed by atoms with Gasteiger partial charge in [-0.3, -0.25) is 0 Å². The molecule has 1 aromatic heterocycles. The van der Waals surface area contributed by atoms with Gasteiger partial charge in [0, 0.05) is 10.6 Å². The van der Waals surface area contributed by atoms with Gasteiger partial charge in [-0.2, -0.15) is 10.1 Å². The van der Waals surface area contributed by atoms with Crippen LogP contribution >= 0.6 is 11.6 Å². The molecular formula is C19H18ClFN4O.